The summed E-state index contributed by atoms with van der Waals surface area (Å²) in [5, 5.41) is 9.99. The SMILES string of the molecule is C=CCn1c(SCC(=O)O)nc2sc3c(c2c1=O)C[C@@H](C(C)C)OC3. The van der Waals surface area contributed by atoms with Gasteiger partial charge in [0, 0.05) is 17.8 Å². The van der Waals surface area contributed by atoms with Gasteiger partial charge in [0.15, 0.2) is 5.16 Å². The lowest BCUT2D eigenvalue weighted by atomic mass is 9.96. The molecule has 2 aromatic heterocycles. The van der Waals surface area contributed by atoms with Crippen LogP contribution in [0.25, 0.3) is 10.2 Å². The zero-order valence-corrected chi connectivity index (χ0v) is 15.8. The summed E-state index contributed by atoms with van der Waals surface area (Å²) in [6, 6.07) is 0. The summed E-state index contributed by atoms with van der Waals surface area (Å²) in [5.41, 5.74) is 0.912. The molecule has 0 spiro atoms. The van der Waals surface area contributed by atoms with Gasteiger partial charge in [-0.1, -0.05) is 31.7 Å². The predicted molar refractivity (Wildman–Crippen MR) is 99.6 cm³/mol. The molecule has 0 radical (unpaired) electrons. The number of allylic oxidation sites excluding steroid dienone is 1. The summed E-state index contributed by atoms with van der Waals surface area (Å²) in [7, 11) is 0. The molecule has 0 saturated carbocycles. The van der Waals surface area contributed by atoms with Gasteiger partial charge in [-0.15, -0.1) is 17.9 Å². The summed E-state index contributed by atoms with van der Waals surface area (Å²) < 4.78 is 7.41. The van der Waals surface area contributed by atoms with E-state index in [1.807, 2.05) is 0 Å². The topological polar surface area (TPSA) is 81.4 Å². The Morgan fingerprint density at radius 2 is 2.36 bits per heavy atom. The zero-order chi connectivity index (χ0) is 18.1. The van der Waals surface area contributed by atoms with E-state index in [2.05, 4.69) is 25.4 Å². The Kier molecular flexibility index (Phi) is 5.31. The van der Waals surface area contributed by atoms with Crippen molar-refractivity contribution in [3.8, 4) is 0 Å². The minimum atomic E-state index is -0.942. The molecule has 0 aliphatic carbocycles. The molecule has 25 heavy (non-hydrogen) atoms. The van der Waals surface area contributed by atoms with Crippen molar-refractivity contribution in [3.63, 3.8) is 0 Å². The van der Waals surface area contributed by atoms with E-state index in [9.17, 15) is 9.59 Å². The molecular formula is C17H20N2O4S2. The highest BCUT2D eigenvalue weighted by molar-refractivity contribution is 7.99. The van der Waals surface area contributed by atoms with Crippen LogP contribution in [0.4, 0.5) is 0 Å². The number of nitrogens with zero attached hydrogens (tertiary/aromatic N) is 2. The molecule has 0 saturated heterocycles. The van der Waals surface area contributed by atoms with Crippen LogP contribution in [0.5, 0.6) is 0 Å². The Morgan fingerprint density at radius 1 is 1.60 bits per heavy atom. The molecule has 1 aliphatic heterocycles. The average Bonchev–Trinajstić information content (AvgIpc) is 2.93. The summed E-state index contributed by atoms with van der Waals surface area (Å²) in [4.78, 5) is 30.2. The van der Waals surface area contributed by atoms with Crippen molar-refractivity contribution in [1.82, 2.24) is 9.55 Å². The number of hydrogen-bond donors (Lipinski definition) is 1. The van der Waals surface area contributed by atoms with Crippen LogP contribution >= 0.6 is 23.1 Å². The number of hydrogen-bond acceptors (Lipinski definition) is 6. The van der Waals surface area contributed by atoms with E-state index in [0.717, 1.165) is 22.2 Å². The smallest absolute Gasteiger partial charge is 0.313 e. The standard InChI is InChI=1S/C17H20N2O4S2/c1-4-5-19-16(22)14-10-6-11(9(2)3)23-7-12(10)25-15(14)18-17(19)24-8-13(20)21/h4,9,11H,1,5-8H2,2-3H3,(H,20,21)/t11-/m0/s1. The first-order chi connectivity index (χ1) is 11.9. The molecule has 1 atom stereocenters. The first-order valence-electron chi connectivity index (χ1n) is 8.04. The average molecular weight is 380 g/mol. The Morgan fingerprint density at radius 3 is 3.00 bits per heavy atom. The van der Waals surface area contributed by atoms with Crippen molar-refractivity contribution in [2.75, 3.05) is 5.75 Å². The van der Waals surface area contributed by atoms with Gasteiger partial charge in [-0.2, -0.15) is 0 Å². The molecule has 0 aromatic carbocycles. The van der Waals surface area contributed by atoms with Gasteiger partial charge in [-0.05, 0) is 11.5 Å². The van der Waals surface area contributed by atoms with Crippen LogP contribution in [-0.2, 0) is 29.1 Å². The molecule has 134 valence electrons. The summed E-state index contributed by atoms with van der Waals surface area (Å²) in [5.74, 6) is -0.710. The molecule has 8 heteroatoms. The minimum absolute atomic E-state index is 0.0959. The number of aliphatic carboxylic acids is 1. The summed E-state index contributed by atoms with van der Waals surface area (Å²) >= 11 is 2.52. The van der Waals surface area contributed by atoms with Crippen LogP contribution in [0.1, 0.15) is 24.3 Å². The fraction of sp³-hybridized carbons (Fsp3) is 0.471. The van der Waals surface area contributed by atoms with Crippen LogP contribution in [0.2, 0.25) is 0 Å². The predicted octanol–water partition coefficient (Wildman–Crippen LogP) is 2.92. The Balaban J connectivity index is 2.13. The molecule has 2 aromatic rings. The zero-order valence-electron chi connectivity index (χ0n) is 14.2. The van der Waals surface area contributed by atoms with E-state index in [4.69, 9.17) is 9.84 Å². The first kappa shape index (κ1) is 18.2. The van der Waals surface area contributed by atoms with Gasteiger partial charge in [-0.25, -0.2) is 4.98 Å². The molecule has 3 heterocycles. The quantitative estimate of drug-likeness (QED) is 0.471. The third-order valence-electron chi connectivity index (χ3n) is 4.17. The van der Waals surface area contributed by atoms with Crippen molar-refractivity contribution in [3.05, 3.63) is 33.4 Å². The lowest BCUT2D eigenvalue weighted by molar-refractivity contribution is -0.133. The molecule has 1 N–H and O–H groups in total. The first-order valence-corrected chi connectivity index (χ1v) is 9.84. The molecule has 3 rings (SSSR count). The molecule has 0 bridgehead atoms. The molecule has 0 fully saturated rings. The van der Waals surface area contributed by atoms with Gasteiger partial charge in [-0.3, -0.25) is 14.2 Å². The fourth-order valence-corrected chi connectivity index (χ4v) is 4.79. The second kappa shape index (κ2) is 7.31. The second-order valence-corrected chi connectivity index (χ2v) is 8.29. The largest absolute Gasteiger partial charge is 0.481 e. The third-order valence-corrected chi connectivity index (χ3v) is 6.23. The van der Waals surface area contributed by atoms with Gasteiger partial charge in [0.25, 0.3) is 5.56 Å². The van der Waals surface area contributed by atoms with Crippen molar-refractivity contribution < 1.29 is 14.6 Å². The highest BCUT2D eigenvalue weighted by Crippen LogP contribution is 2.35. The molecular weight excluding hydrogens is 360 g/mol. The number of thioether (sulfide) groups is 1. The minimum Gasteiger partial charge on any atom is -0.481 e. The van der Waals surface area contributed by atoms with Crippen LogP contribution in [0, 0.1) is 5.92 Å². The van der Waals surface area contributed by atoms with E-state index in [-0.39, 0.29) is 17.4 Å². The fourth-order valence-electron chi connectivity index (χ4n) is 2.90. The van der Waals surface area contributed by atoms with Crippen LogP contribution in [0.15, 0.2) is 22.6 Å². The van der Waals surface area contributed by atoms with Gasteiger partial charge >= 0.3 is 5.97 Å². The lowest BCUT2D eigenvalue weighted by Gasteiger charge is -2.26. The number of aromatic nitrogens is 2. The molecule has 1 aliphatic rings. The maximum atomic E-state index is 13.1. The molecule has 6 nitrogen and oxygen atoms in total. The molecule has 0 unspecified atom stereocenters. The van der Waals surface area contributed by atoms with Gasteiger partial charge in [0.05, 0.1) is 23.8 Å². The number of fused-ring (bicyclic) bond motifs is 3. The van der Waals surface area contributed by atoms with Crippen molar-refractivity contribution in [2.45, 2.75) is 44.7 Å². The van der Waals surface area contributed by atoms with Crippen molar-refractivity contribution in [1.29, 1.82) is 0 Å². The number of carboxylic acid groups (broad SMARTS) is 1. The highest BCUT2D eigenvalue weighted by atomic mass is 32.2. The Labute approximate surface area is 153 Å². The van der Waals surface area contributed by atoms with E-state index in [0.29, 0.717) is 40.9 Å². The monoisotopic (exact) mass is 380 g/mol. The highest BCUT2D eigenvalue weighted by Gasteiger charge is 2.28. The lowest BCUT2D eigenvalue weighted by Crippen LogP contribution is -2.28. The van der Waals surface area contributed by atoms with Gasteiger partial charge < -0.3 is 9.84 Å². The van der Waals surface area contributed by atoms with Crippen LogP contribution < -0.4 is 5.56 Å². The normalized spacial score (nSPS) is 17.0. The number of rotatable bonds is 6. The van der Waals surface area contributed by atoms with Crippen LogP contribution in [0.3, 0.4) is 0 Å². The number of thiophene rings is 1. The number of carboxylic acids is 1. The van der Waals surface area contributed by atoms with Crippen molar-refractivity contribution >= 4 is 39.3 Å². The summed E-state index contributed by atoms with van der Waals surface area (Å²) in [6.07, 6.45) is 2.43. The van der Waals surface area contributed by atoms with E-state index >= 15 is 0 Å². The number of carbonyl (C=O) groups is 1. The maximum Gasteiger partial charge on any atom is 0.313 e. The van der Waals surface area contributed by atoms with Crippen molar-refractivity contribution in [2.24, 2.45) is 5.92 Å². The van der Waals surface area contributed by atoms with Gasteiger partial charge in [0.2, 0.25) is 0 Å². The maximum absolute atomic E-state index is 13.1. The van der Waals surface area contributed by atoms with E-state index in [1.165, 1.54) is 15.9 Å². The third kappa shape index (κ3) is 3.51. The second-order valence-electron chi connectivity index (χ2n) is 6.26. The summed E-state index contributed by atoms with van der Waals surface area (Å²) in [6.45, 7) is 8.72. The Hall–Kier alpha value is -1.64. The van der Waals surface area contributed by atoms with Gasteiger partial charge in [0.1, 0.15) is 4.83 Å². The molecule has 0 amide bonds. The van der Waals surface area contributed by atoms with E-state index < -0.39 is 5.97 Å². The van der Waals surface area contributed by atoms with E-state index in [1.54, 1.807) is 6.08 Å². The number of ether oxygens (including phenoxy) is 1. The van der Waals surface area contributed by atoms with Crippen LogP contribution in [-0.4, -0.2) is 32.5 Å². The Bertz CT molecular complexity index is 885.